The first-order chi connectivity index (χ1) is 29.5. The molecule has 0 saturated carbocycles. The van der Waals surface area contributed by atoms with E-state index in [1.165, 1.54) is 154 Å². The van der Waals surface area contributed by atoms with E-state index < -0.39 is 18.2 Å². The van der Waals surface area contributed by atoms with Gasteiger partial charge in [-0.3, -0.25) is 9.59 Å². The molecule has 0 aromatic carbocycles. The van der Waals surface area contributed by atoms with Gasteiger partial charge in [0.2, 0.25) is 5.91 Å². The first kappa shape index (κ1) is 58.1. The lowest BCUT2D eigenvalue weighted by Gasteiger charge is -2.24. The molecule has 0 aliphatic heterocycles. The van der Waals surface area contributed by atoms with Gasteiger partial charge in [0.1, 0.15) is 6.10 Å². The molecule has 0 saturated heterocycles. The van der Waals surface area contributed by atoms with E-state index in [0.29, 0.717) is 19.3 Å². The average molecular weight is 844 g/mol. The molecule has 60 heavy (non-hydrogen) atoms. The SMILES string of the molecule is CCCCC/C=C\C/C=C\C/C=C\CCCCCCC(=O)OC(CCCCCCCCCCCCC)CC(=O)NC(CO)C(O)CCCCCCCCCCCCCCC. The molecule has 3 N–H and O–H groups in total. The van der Waals surface area contributed by atoms with Crippen LogP contribution in [-0.4, -0.2) is 46.9 Å². The number of aliphatic hydroxyl groups is 2. The summed E-state index contributed by atoms with van der Waals surface area (Å²) >= 11 is 0. The zero-order valence-corrected chi connectivity index (χ0v) is 40.1. The van der Waals surface area contributed by atoms with Crippen molar-refractivity contribution in [3.8, 4) is 0 Å². The third-order valence-electron chi connectivity index (χ3n) is 12.0. The fourth-order valence-corrected chi connectivity index (χ4v) is 7.97. The van der Waals surface area contributed by atoms with Crippen molar-refractivity contribution >= 4 is 11.9 Å². The number of rotatable bonds is 47. The maximum absolute atomic E-state index is 13.2. The number of aliphatic hydroxyl groups excluding tert-OH is 2. The van der Waals surface area contributed by atoms with E-state index in [-0.39, 0.29) is 24.9 Å². The van der Waals surface area contributed by atoms with Gasteiger partial charge in [0, 0.05) is 6.42 Å². The van der Waals surface area contributed by atoms with Crippen LogP contribution < -0.4 is 5.32 Å². The molecule has 1 amide bonds. The number of ether oxygens (including phenoxy) is 1. The Hall–Kier alpha value is -1.92. The van der Waals surface area contributed by atoms with Gasteiger partial charge in [-0.2, -0.15) is 0 Å². The van der Waals surface area contributed by atoms with Gasteiger partial charge < -0.3 is 20.3 Å². The highest BCUT2D eigenvalue weighted by molar-refractivity contribution is 5.77. The van der Waals surface area contributed by atoms with Crippen LogP contribution in [0.1, 0.15) is 271 Å². The Labute approximate surface area is 373 Å². The molecule has 0 aliphatic rings. The average Bonchev–Trinajstić information content (AvgIpc) is 3.24. The zero-order valence-electron chi connectivity index (χ0n) is 40.1. The zero-order chi connectivity index (χ0) is 43.8. The lowest BCUT2D eigenvalue weighted by Crippen LogP contribution is -2.46. The first-order valence-corrected chi connectivity index (χ1v) is 26.2. The van der Waals surface area contributed by atoms with Crippen molar-refractivity contribution in [3.05, 3.63) is 36.5 Å². The summed E-state index contributed by atoms with van der Waals surface area (Å²) in [5.41, 5.74) is 0. The second kappa shape index (κ2) is 48.1. The molecule has 0 radical (unpaired) electrons. The van der Waals surface area contributed by atoms with Gasteiger partial charge in [0.15, 0.2) is 0 Å². The van der Waals surface area contributed by atoms with E-state index in [0.717, 1.165) is 70.6 Å². The Morgan fingerprint density at radius 3 is 1.32 bits per heavy atom. The fraction of sp³-hybridized carbons (Fsp3) is 0.852. The second-order valence-electron chi connectivity index (χ2n) is 17.9. The lowest BCUT2D eigenvalue weighted by atomic mass is 10.0. The van der Waals surface area contributed by atoms with Crippen molar-refractivity contribution in [2.45, 2.75) is 289 Å². The summed E-state index contributed by atoms with van der Waals surface area (Å²) in [6, 6.07) is -0.702. The van der Waals surface area contributed by atoms with Crippen molar-refractivity contribution in [1.82, 2.24) is 5.32 Å². The number of amides is 1. The van der Waals surface area contributed by atoms with Crippen LogP contribution in [0, 0.1) is 0 Å². The Kier molecular flexibility index (Phi) is 46.6. The number of carbonyl (C=O) groups is 2. The predicted octanol–water partition coefficient (Wildman–Crippen LogP) is 15.7. The molecule has 0 heterocycles. The molecule has 6 nitrogen and oxygen atoms in total. The second-order valence-corrected chi connectivity index (χ2v) is 17.9. The fourth-order valence-electron chi connectivity index (χ4n) is 7.97. The van der Waals surface area contributed by atoms with Gasteiger partial charge in [-0.25, -0.2) is 0 Å². The Morgan fingerprint density at radius 2 is 0.850 bits per heavy atom. The minimum atomic E-state index is -0.788. The number of allylic oxidation sites excluding steroid dienone is 6. The number of hydrogen-bond donors (Lipinski definition) is 3. The van der Waals surface area contributed by atoms with Crippen molar-refractivity contribution in [2.75, 3.05) is 6.61 Å². The molecule has 0 fully saturated rings. The predicted molar refractivity (Wildman–Crippen MR) is 259 cm³/mol. The standard InChI is InChI=1S/C54H101NO5/c1-4-7-10-13-16-19-22-24-25-26-27-29-32-35-38-41-44-47-54(59)60-50(45-42-39-36-33-30-21-18-15-12-9-6-3)48-53(58)55-51(49-56)52(57)46-43-40-37-34-31-28-23-20-17-14-11-8-5-2/h16,19,24-25,27,29,50-52,56-57H,4-15,17-18,20-23,26,28,30-49H2,1-3H3,(H,55,58)/b19-16-,25-24-,29-27-. The van der Waals surface area contributed by atoms with Gasteiger partial charge >= 0.3 is 5.97 Å². The van der Waals surface area contributed by atoms with Crippen LogP contribution >= 0.6 is 0 Å². The number of carbonyl (C=O) groups excluding carboxylic acids is 2. The quantitative estimate of drug-likeness (QED) is 0.0322. The van der Waals surface area contributed by atoms with Gasteiger partial charge in [-0.1, -0.05) is 231 Å². The number of hydrogen-bond acceptors (Lipinski definition) is 5. The molecule has 6 heteroatoms. The molecule has 0 rings (SSSR count). The van der Waals surface area contributed by atoms with E-state index in [1.807, 2.05) is 0 Å². The van der Waals surface area contributed by atoms with Gasteiger partial charge in [-0.15, -0.1) is 0 Å². The number of esters is 1. The normalized spacial score (nSPS) is 13.5. The molecule has 3 unspecified atom stereocenters. The topological polar surface area (TPSA) is 95.9 Å². The lowest BCUT2D eigenvalue weighted by molar-refractivity contribution is -0.151. The summed E-state index contributed by atoms with van der Waals surface area (Å²) in [5, 5.41) is 23.8. The van der Waals surface area contributed by atoms with Gasteiger partial charge in [-0.05, 0) is 64.2 Å². The molecular weight excluding hydrogens is 743 g/mol. The van der Waals surface area contributed by atoms with Crippen molar-refractivity contribution < 1.29 is 24.5 Å². The summed E-state index contributed by atoms with van der Waals surface area (Å²) in [6.45, 7) is 6.46. The van der Waals surface area contributed by atoms with E-state index >= 15 is 0 Å². The van der Waals surface area contributed by atoms with E-state index in [4.69, 9.17) is 4.74 Å². The third-order valence-corrected chi connectivity index (χ3v) is 12.0. The molecule has 3 atom stereocenters. The van der Waals surface area contributed by atoms with Crippen LogP contribution in [0.3, 0.4) is 0 Å². The summed E-state index contributed by atoms with van der Waals surface area (Å²) in [5.74, 6) is -0.489. The van der Waals surface area contributed by atoms with Crippen LogP contribution in [-0.2, 0) is 14.3 Å². The minimum Gasteiger partial charge on any atom is -0.462 e. The minimum absolute atomic E-state index is 0.0722. The Bertz CT molecular complexity index is 993. The molecule has 0 spiro atoms. The molecular formula is C54H101NO5. The monoisotopic (exact) mass is 844 g/mol. The smallest absolute Gasteiger partial charge is 0.306 e. The van der Waals surface area contributed by atoms with Crippen LogP contribution in [0.2, 0.25) is 0 Å². The first-order valence-electron chi connectivity index (χ1n) is 26.2. The summed E-state index contributed by atoms with van der Waals surface area (Å²) in [6.07, 6.45) is 56.3. The van der Waals surface area contributed by atoms with Crippen LogP contribution in [0.25, 0.3) is 0 Å². The highest BCUT2D eigenvalue weighted by atomic mass is 16.5. The molecule has 0 aromatic rings. The highest BCUT2D eigenvalue weighted by Crippen LogP contribution is 2.18. The van der Waals surface area contributed by atoms with E-state index in [2.05, 4.69) is 62.5 Å². The van der Waals surface area contributed by atoms with Gasteiger partial charge in [0.25, 0.3) is 0 Å². The summed E-state index contributed by atoms with van der Waals surface area (Å²) < 4.78 is 5.92. The third kappa shape index (κ3) is 42.8. The van der Waals surface area contributed by atoms with Crippen LogP contribution in [0.15, 0.2) is 36.5 Å². The molecule has 0 bridgehead atoms. The Morgan fingerprint density at radius 1 is 0.483 bits per heavy atom. The van der Waals surface area contributed by atoms with Crippen molar-refractivity contribution in [1.29, 1.82) is 0 Å². The van der Waals surface area contributed by atoms with Crippen molar-refractivity contribution in [3.63, 3.8) is 0 Å². The molecule has 0 aliphatic carbocycles. The van der Waals surface area contributed by atoms with Gasteiger partial charge in [0.05, 0.1) is 25.2 Å². The van der Waals surface area contributed by atoms with Crippen molar-refractivity contribution in [2.24, 2.45) is 0 Å². The molecule has 352 valence electrons. The summed E-state index contributed by atoms with van der Waals surface area (Å²) in [7, 11) is 0. The number of nitrogens with one attached hydrogen (secondary N) is 1. The maximum atomic E-state index is 13.2. The van der Waals surface area contributed by atoms with E-state index in [9.17, 15) is 19.8 Å². The largest absolute Gasteiger partial charge is 0.462 e. The maximum Gasteiger partial charge on any atom is 0.306 e. The molecule has 0 aromatic heterocycles. The number of unbranched alkanes of at least 4 members (excludes halogenated alkanes) is 29. The van der Waals surface area contributed by atoms with Crippen LogP contribution in [0.5, 0.6) is 0 Å². The Balaban J connectivity index is 4.54. The highest BCUT2D eigenvalue weighted by Gasteiger charge is 2.24. The summed E-state index contributed by atoms with van der Waals surface area (Å²) in [4.78, 5) is 26.1. The van der Waals surface area contributed by atoms with E-state index in [1.54, 1.807) is 0 Å². The van der Waals surface area contributed by atoms with Crippen LogP contribution in [0.4, 0.5) is 0 Å².